The Kier molecular flexibility index (Phi) is 6.87. The maximum atomic E-state index is 13.2. The number of benzene rings is 2. The van der Waals surface area contributed by atoms with E-state index in [4.69, 9.17) is 16.1 Å². The predicted molar refractivity (Wildman–Crippen MR) is 130 cm³/mol. The molecule has 1 fully saturated rings. The lowest BCUT2D eigenvalue weighted by Crippen LogP contribution is -2.40. The monoisotopic (exact) mass is 494 g/mol. The number of amides is 1. The molecule has 3 heterocycles. The Labute approximate surface area is 206 Å². The van der Waals surface area contributed by atoms with Gasteiger partial charge in [0.15, 0.2) is 0 Å². The summed E-state index contributed by atoms with van der Waals surface area (Å²) in [5.74, 6) is 1.18. The molecule has 1 N–H and O–H groups in total. The molecular weight excluding hydrogens is 471 g/mol. The molecule has 10 heteroatoms. The molecule has 5 rings (SSSR count). The van der Waals surface area contributed by atoms with Gasteiger partial charge in [0.1, 0.15) is 11.6 Å². The van der Waals surface area contributed by atoms with Gasteiger partial charge in [0.2, 0.25) is 17.6 Å². The van der Waals surface area contributed by atoms with Crippen LogP contribution in [-0.2, 0) is 11.3 Å². The Morgan fingerprint density at radius 1 is 1.17 bits per heavy atom. The molecule has 35 heavy (non-hydrogen) atoms. The number of rotatable bonds is 7. The summed E-state index contributed by atoms with van der Waals surface area (Å²) in [6, 6.07) is 15.3. The van der Waals surface area contributed by atoms with Gasteiger partial charge in [0.05, 0.1) is 25.2 Å². The molecule has 180 valence electrons. The van der Waals surface area contributed by atoms with E-state index in [1.165, 1.54) is 12.1 Å². The van der Waals surface area contributed by atoms with Crippen LogP contribution in [0.3, 0.4) is 0 Å². The number of halogens is 2. The zero-order valence-electron chi connectivity index (χ0n) is 18.9. The average molecular weight is 495 g/mol. The van der Waals surface area contributed by atoms with Gasteiger partial charge in [-0.05, 0) is 55.3 Å². The number of hydrogen-bond acceptors (Lipinski definition) is 6. The third-order valence-electron chi connectivity index (χ3n) is 6.03. The smallest absolute Gasteiger partial charge is 0.239 e. The number of likely N-dealkylation sites (tertiary alicyclic amines) is 1. The highest BCUT2D eigenvalue weighted by molar-refractivity contribution is 6.31. The molecule has 0 spiro atoms. The first-order valence-electron chi connectivity index (χ1n) is 11.4. The second-order valence-corrected chi connectivity index (χ2v) is 8.96. The molecular formula is C25H24ClFN6O2. The van der Waals surface area contributed by atoms with Crippen molar-refractivity contribution >= 4 is 23.3 Å². The average Bonchev–Trinajstić information content (AvgIpc) is 3.51. The predicted octanol–water partition coefficient (Wildman–Crippen LogP) is 4.59. The van der Waals surface area contributed by atoms with Gasteiger partial charge in [-0.1, -0.05) is 35.0 Å². The van der Waals surface area contributed by atoms with Crippen LogP contribution in [0.4, 0.5) is 10.2 Å². The maximum absolute atomic E-state index is 13.2. The van der Waals surface area contributed by atoms with E-state index in [0.717, 1.165) is 24.9 Å². The van der Waals surface area contributed by atoms with Gasteiger partial charge in [-0.2, -0.15) is 10.1 Å². The zero-order valence-corrected chi connectivity index (χ0v) is 19.7. The van der Waals surface area contributed by atoms with Gasteiger partial charge in [-0.3, -0.25) is 9.69 Å². The Morgan fingerprint density at radius 3 is 2.83 bits per heavy atom. The number of anilines is 1. The molecule has 2 aromatic carbocycles. The molecule has 0 saturated carbocycles. The molecule has 1 unspecified atom stereocenters. The molecule has 2 aromatic heterocycles. The quantitative estimate of drug-likeness (QED) is 0.404. The summed E-state index contributed by atoms with van der Waals surface area (Å²) in [7, 11) is 0. The lowest BCUT2D eigenvalue weighted by Gasteiger charge is -2.30. The van der Waals surface area contributed by atoms with Gasteiger partial charge in [-0.15, -0.1) is 0 Å². The second-order valence-electron chi connectivity index (χ2n) is 8.55. The zero-order chi connectivity index (χ0) is 24.2. The number of carbonyl (C=O) groups is 1. The molecule has 0 aliphatic carbocycles. The third-order valence-corrected chi connectivity index (χ3v) is 6.40. The summed E-state index contributed by atoms with van der Waals surface area (Å²) in [5.41, 5.74) is 1.62. The summed E-state index contributed by atoms with van der Waals surface area (Å²) < 4.78 is 20.4. The number of piperidine rings is 1. The van der Waals surface area contributed by atoms with Crippen LogP contribution in [0.1, 0.15) is 30.2 Å². The van der Waals surface area contributed by atoms with Crippen LogP contribution in [0.15, 0.2) is 65.3 Å². The van der Waals surface area contributed by atoms with Gasteiger partial charge in [0, 0.05) is 23.2 Å². The van der Waals surface area contributed by atoms with Crippen molar-refractivity contribution in [1.82, 2.24) is 24.8 Å². The summed E-state index contributed by atoms with van der Waals surface area (Å²) in [6.07, 6.45) is 3.46. The van der Waals surface area contributed by atoms with Crippen LogP contribution < -0.4 is 5.32 Å². The summed E-state index contributed by atoms with van der Waals surface area (Å²) in [4.78, 5) is 19.4. The van der Waals surface area contributed by atoms with Crippen molar-refractivity contribution in [3.63, 3.8) is 0 Å². The maximum Gasteiger partial charge on any atom is 0.239 e. The van der Waals surface area contributed by atoms with Gasteiger partial charge in [0.25, 0.3) is 0 Å². The van der Waals surface area contributed by atoms with Crippen molar-refractivity contribution < 1.29 is 13.7 Å². The number of carbonyl (C=O) groups excluding carboxylic acids is 1. The van der Waals surface area contributed by atoms with Crippen molar-refractivity contribution in [1.29, 1.82) is 0 Å². The van der Waals surface area contributed by atoms with Crippen LogP contribution in [-0.4, -0.2) is 50.4 Å². The van der Waals surface area contributed by atoms with Crippen LogP contribution in [0.2, 0.25) is 5.02 Å². The minimum Gasteiger partial charge on any atom is -0.339 e. The topological polar surface area (TPSA) is 89.1 Å². The SMILES string of the molecule is O=C(CN1CCCC(c2nc(-c3ccc(F)cc3)no2)C1)Nc1ccnn1Cc1ccccc1Cl. The Balaban J connectivity index is 1.19. The molecule has 0 bridgehead atoms. The van der Waals surface area contributed by atoms with E-state index >= 15 is 0 Å². The molecule has 8 nitrogen and oxygen atoms in total. The van der Waals surface area contributed by atoms with Gasteiger partial charge < -0.3 is 9.84 Å². The minimum atomic E-state index is -0.314. The first kappa shape index (κ1) is 23.2. The number of aromatic nitrogens is 4. The van der Waals surface area contributed by atoms with E-state index in [0.29, 0.717) is 41.2 Å². The highest BCUT2D eigenvalue weighted by Gasteiger charge is 2.27. The second kappa shape index (κ2) is 10.4. The van der Waals surface area contributed by atoms with Crippen molar-refractivity contribution in [3.05, 3.63) is 83.1 Å². The van der Waals surface area contributed by atoms with E-state index in [9.17, 15) is 9.18 Å². The third kappa shape index (κ3) is 5.58. The van der Waals surface area contributed by atoms with Crippen LogP contribution in [0.5, 0.6) is 0 Å². The summed E-state index contributed by atoms with van der Waals surface area (Å²) in [6.45, 7) is 2.15. The number of nitrogens with one attached hydrogen (secondary N) is 1. The first-order valence-corrected chi connectivity index (χ1v) is 11.8. The highest BCUT2D eigenvalue weighted by Crippen LogP contribution is 2.27. The normalized spacial score (nSPS) is 16.3. The standard InChI is InChI=1S/C25H24ClFN6O2/c26-21-6-2-1-4-18(21)15-33-22(11-12-28-33)29-23(34)16-32-13-3-5-19(14-32)25-30-24(31-35-25)17-7-9-20(27)10-8-17/h1-2,4,6-12,19H,3,5,13-16H2,(H,29,34). The highest BCUT2D eigenvalue weighted by atomic mass is 35.5. The summed E-state index contributed by atoms with van der Waals surface area (Å²) >= 11 is 6.27. The molecule has 1 saturated heterocycles. The van der Waals surface area contributed by atoms with Crippen LogP contribution in [0, 0.1) is 5.82 Å². The van der Waals surface area contributed by atoms with Crippen molar-refractivity contribution in [2.75, 3.05) is 25.0 Å². The fraction of sp³-hybridized carbons (Fsp3) is 0.280. The Morgan fingerprint density at radius 2 is 2.00 bits per heavy atom. The molecule has 1 amide bonds. The van der Waals surface area contributed by atoms with E-state index in [1.54, 1.807) is 29.1 Å². The van der Waals surface area contributed by atoms with Crippen molar-refractivity contribution in [3.8, 4) is 11.4 Å². The lowest BCUT2D eigenvalue weighted by atomic mass is 9.98. The summed E-state index contributed by atoms with van der Waals surface area (Å²) in [5, 5.41) is 12.0. The van der Waals surface area contributed by atoms with Gasteiger partial charge in [-0.25, -0.2) is 9.07 Å². The Hall–Kier alpha value is -3.56. The molecule has 1 atom stereocenters. The number of hydrogen-bond donors (Lipinski definition) is 1. The van der Waals surface area contributed by atoms with E-state index in [1.807, 2.05) is 24.3 Å². The fourth-order valence-electron chi connectivity index (χ4n) is 4.26. The largest absolute Gasteiger partial charge is 0.339 e. The van der Waals surface area contributed by atoms with Crippen LogP contribution >= 0.6 is 11.6 Å². The van der Waals surface area contributed by atoms with E-state index < -0.39 is 0 Å². The molecule has 1 aliphatic rings. The van der Waals surface area contributed by atoms with Gasteiger partial charge >= 0.3 is 0 Å². The fourth-order valence-corrected chi connectivity index (χ4v) is 4.45. The first-order chi connectivity index (χ1) is 17.0. The van der Waals surface area contributed by atoms with E-state index in [2.05, 4.69) is 25.5 Å². The molecule has 4 aromatic rings. The molecule has 0 radical (unpaired) electrons. The van der Waals surface area contributed by atoms with Crippen molar-refractivity contribution in [2.45, 2.75) is 25.3 Å². The minimum absolute atomic E-state index is 0.0315. The van der Waals surface area contributed by atoms with E-state index in [-0.39, 0.29) is 24.2 Å². The lowest BCUT2D eigenvalue weighted by molar-refractivity contribution is -0.117. The Bertz CT molecular complexity index is 1310. The van der Waals surface area contributed by atoms with Crippen LogP contribution in [0.25, 0.3) is 11.4 Å². The molecule has 1 aliphatic heterocycles. The number of nitrogens with zero attached hydrogens (tertiary/aromatic N) is 5. The van der Waals surface area contributed by atoms with Crippen molar-refractivity contribution in [2.24, 2.45) is 0 Å².